The van der Waals surface area contributed by atoms with Crippen LogP contribution in [0.25, 0.3) is 0 Å². The molecule has 0 radical (unpaired) electrons. The highest BCUT2D eigenvalue weighted by molar-refractivity contribution is 7.98. The van der Waals surface area contributed by atoms with Crippen molar-refractivity contribution < 1.29 is 0 Å². The second-order valence-corrected chi connectivity index (χ2v) is 6.31. The van der Waals surface area contributed by atoms with Crippen LogP contribution in [0, 0.1) is 11.7 Å². The van der Waals surface area contributed by atoms with Crippen LogP contribution in [0.5, 0.6) is 0 Å². The Hall–Kier alpha value is -1.99. The molecule has 2 aromatic rings. The molecule has 4 heteroatoms. The van der Waals surface area contributed by atoms with Gasteiger partial charge in [-0.15, -0.1) is 11.8 Å². The van der Waals surface area contributed by atoms with Crippen LogP contribution in [0.3, 0.4) is 0 Å². The van der Waals surface area contributed by atoms with Gasteiger partial charge in [0.2, 0.25) is 0 Å². The molecule has 23 heavy (non-hydrogen) atoms. The molecule has 0 amide bonds. The largest absolute Gasteiger partial charge is 0.466 e. The van der Waals surface area contributed by atoms with E-state index in [1.807, 2.05) is 0 Å². The molecule has 0 fully saturated rings. The van der Waals surface area contributed by atoms with E-state index in [0.29, 0.717) is 0 Å². The Labute approximate surface area is 144 Å². The first kappa shape index (κ1) is 15.9. The van der Waals surface area contributed by atoms with E-state index in [-0.39, 0.29) is 6.98 Å². The quantitative estimate of drug-likeness (QED) is 0.476. The summed E-state index contributed by atoms with van der Waals surface area (Å²) in [7, 11) is 0. The smallest absolute Gasteiger partial charge is 0.384 e. The fourth-order valence-electron chi connectivity index (χ4n) is 3.05. The lowest BCUT2D eigenvalue weighted by Gasteiger charge is -2.23. The highest BCUT2D eigenvalue weighted by atomic mass is 32.2. The van der Waals surface area contributed by atoms with Crippen LogP contribution in [-0.4, -0.2) is 26.3 Å². The summed E-state index contributed by atoms with van der Waals surface area (Å²) in [5, 5.41) is 0. The topological polar surface area (TPSA) is 6.48 Å². The predicted octanol–water partition coefficient (Wildman–Crippen LogP) is 4.15. The first-order valence-corrected chi connectivity index (χ1v) is 9.28. The van der Waals surface area contributed by atoms with Crippen LogP contribution >= 0.6 is 11.8 Å². The molecular formula is C19H21BN2S. The standard InChI is InChI=1S/C19H21BN2S/c1-4-21-18-8-6-7-9-19(18)22(5-2)20(21)15-14-16-10-12-17(23-3)13-11-16/h6-13H,4-5H2,1-3H3. The van der Waals surface area contributed by atoms with E-state index in [1.54, 1.807) is 11.8 Å². The van der Waals surface area contributed by atoms with E-state index in [4.69, 9.17) is 0 Å². The number of thioether (sulfide) groups is 1. The summed E-state index contributed by atoms with van der Waals surface area (Å²) in [4.78, 5) is 6.03. The van der Waals surface area contributed by atoms with Crippen LogP contribution < -0.4 is 9.62 Å². The molecule has 0 unspecified atom stereocenters. The maximum absolute atomic E-state index is 3.48. The van der Waals surface area contributed by atoms with Crippen LogP contribution in [0.1, 0.15) is 19.4 Å². The zero-order valence-electron chi connectivity index (χ0n) is 13.9. The molecule has 0 saturated carbocycles. The van der Waals surface area contributed by atoms with Gasteiger partial charge in [0, 0.05) is 34.9 Å². The van der Waals surface area contributed by atoms with Gasteiger partial charge in [-0.25, -0.2) is 0 Å². The van der Waals surface area contributed by atoms with E-state index < -0.39 is 0 Å². The lowest BCUT2D eigenvalue weighted by Crippen LogP contribution is -2.47. The van der Waals surface area contributed by atoms with Crippen molar-refractivity contribution in [3.8, 4) is 11.7 Å². The number of para-hydroxylation sites is 2. The van der Waals surface area contributed by atoms with Crippen molar-refractivity contribution in [3.05, 3.63) is 54.1 Å². The molecule has 116 valence electrons. The van der Waals surface area contributed by atoms with Gasteiger partial charge in [-0.1, -0.05) is 23.9 Å². The fourth-order valence-corrected chi connectivity index (χ4v) is 3.45. The van der Waals surface area contributed by atoms with Crippen molar-refractivity contribution in [2.45, 2.75) is 18.7 Å². The Kier molecular flexibility index (Phi) is 4.88. The van der Waals surface area contributed by atoms with Gasteiger partial charge in [-0.3, -0.25) is 0 Å². The normalized spacial score (nSPS) is 12.9. The van der Waals surface area contributed by atoms with Crippen molar-refractivity contribution in [1.82, 2.24) is 0 Å². The Balaban J connectivity index is 1.91. The number of benzene rings is 2. The molecular weight excluding hydrogens is 299 g/mol. The van der Waals surface area contributed by atoms with Gasteiger partial charge in [-0.05, 0) is 56.5 Å². The molecule has 0 N–H and O–H groups in total. The lowest BCUT2D eigenvalue weighted by molar-refractivity contribution is 1.06. The van der Waals surface area contributed by atoms with E-state index >= 15 is 0 Å². The van der Waals surface area contributed by atoms with E-state index in [1.165, 1.54) is 16.3 Å². The summed E-state index contributed by atoms with van der Waals surface area (Å²) in [5.41, 5.74) is 3.65. The average Bonchev–Trinajstić information content (AvgIpc) is 2.92. The Bertz CT molecular complexity index is 702. The minimum atomic E-state index is 0.114. The molecule has 0 aromatic heterocycles. The number of anilines is 2. The van der Waals surface area contributed by atoms with E-state index in [0.717, 1.165) is 18.7 Å². The van der Waals surface area contributed by atoms with Gasteiger partial charge >= 0.3 is 6.98 Å². The fraction of sp³-hybridized carbons (Fsp3) is 0.263. The summed E-state index contributed by atoms with van der Waals surface area (Å²) < 4.78 is 0. The summed E-state index contributed by atoms with van der Waals surface area (Å²) in [6, 6.07) is 17.1. The SMILES string of the molecule is CCN1B(C#Cc2ccc(SC)cc2)N(CC)c2ccccc21. The van der Waals surface area contributed by atoms with Gasteiger partial charge in [0.1, 0.15) is 0 Å². The zero-order chi connectivity index (χ0) is 16.2. The molecule has 0 bridgehead atoms. The minimum absolute atomic E-state index is 0.114. The molecule has 0 aliphatic carbocycles. The Morgan fingerprint density at radius 1 is 0.913 bits per heavy atom. The molecule has 1 aliphatic heterocycles. The summed E-state index contributed by atoms with van der Waals surface area (Å²) >= 11 is 1.76. The van der Waals surface area contributed by atoms with Crippen molar-refractivity contribution in [2.24, 2.45) is 0 Å². The molecule has 1 aliphatic rings. The average molecular weight is 320 g/mol. The summed E-state index contributed by atoms with van der Waals surface area (Å²) in [6.07, 6.45) is 2.09. The maximum atomic E-state index is 3.48. The van der Waals surface area contributed by atoms with Gasteiger partial charge < -0.3 is 9.62 Å². The highest BCUT2D eigenvalue weighted by Gasteiger charge is 2.37. The van der Waals surface area contributed by atoms with Crippen molar-refractivity contribution >= 4 is 30.1 Å². The van der Waals surface area contributed by atoms with Gasteiger partial charge in [0.25, 0.3) is 0 Å². The maximum Gasteiger partial charge on any atom is 0.466 e. The van der Waals surface area contributed by atoms with Gasteiger partial charge in [0.05, 0.1) is 0 Å². The van der Waals surface area contributed by atoms with Crippen LogP contribution in [0.15, 0.2) is 53.4 Å². The third-order valence-electron chi connectivity index (χ3n) is 4.21. The van der Waals surface area contributed by atoms with Crippen LogP contribution in [0.4, 0.5) is 11.4 Å². The molecule has 3 rings (SSSR count). The number of nitrogens with zero attached hydrogens (tertiary/aromatic N) is 2. The first-order chi connectivity index (χ1) is 11.3. The van der Waals surface area contributed by atoms with E-state index in [9.17, 15) is 0 Å². The monoisotopic (exact) mass is 320 g/mol. The predicted molar refractivity (Wildman–Crippen MR) is 103 cm³/mol. The lowest BCUT2D eigenvalue weighted by atomic mass is 9.74. The molecule has 2 nitrogen and oxygen atoms in total. The Morgan fingerprint density at radius 3 is 1.96 bits per heavy atom. The third-order valence-corrected chi connectivity index (χ3v) is 4.95. The van der Waals surface area contributed by atoms with Gasteiger partial charge in [0.15, 0.2) is 0 Å². The number of hydrogen-bond acceptors (Lipinski definition) is 3. The second-order valence-electron chi connectivity index (χ2n) is 5.43. The number of hydrogen-bond donors (Lipinski definition) is 0. The second kappa shape index (κ2) is 7.06. The summed E-state index contributed by atoms with van der Waals surface area (Å²) in [5.74, 6) is 6.84. The molecule has 0 atom stereocenters. The zero-order valence-corrected chi connectivity index (χ0v) is 14.7. The van der Waals surface area contributed by atoms with Crippen molar-refractivity contribution in [2.75, 3.05) is 29.0 Å². The Morgan fingerprint density at radius 2 is 1.48 bits per heavy atom. The third kappa shape index (κ3) is 3.07. The van der Waals surface area contributed by atoms with Gasteiger partial charge in [-0.2, -0.15) is 0 Å². The first-order valence-electron chi connectivity index (χ1n) is 8.06. The highest BCUT2D eigenvalue weighted by Crippen LogP contribution is 2.37. The number of fused-ring (bicyclic) bond motifs is 1. The number of rotatable bonds is 3. The molecule has 0 spiro atoms. The minimum Gasteiger partial charge on any atom is -0.384 e. The molecule has 0 saturated heterocycles. The van der Waals surface area contributed by atoms with Crippen molar-refractivity contribution in [3.63, 3.8) is 0 Å². The molecule has 1 heterocycles. The van der Waals surface area contributed by atoms with E-state index in [2.05, 4.69) is 90.0 Å². The van der Waals surface area contributed by atoms with Crippen LogP contribution in [-0.2, 0) is 0 Å². The van der Waals surface area contributed by atoms with Crippen LogP contribution in [0.2, 0.25) is 0 Å². The molecule has 2 aromatic carbocycles. The van der Waals surface area contributed by atoms with Crippen molar-refractivity contribution in [1.29, 1.82) is 0 Å². The summed E-state index contributed by atoms with van der Waals surface area (Å²) in [6.45, 7) is 6.41.